The van der Waals surface area contributed by atoms with Gasteiger partial charge < -0.3 is 9.84 Å². The van der Waals surface area contributed by atoms with Crippen LogP contribution in [-0.2, 0) is 19.8 Å². The van der Waals surface area contributed by atoms with Gasteiger partial charge in [0.25, 0.3) is 0 Å². The van der Waals surface area contributed by atoms with Crippen LogP contribution in [0.3, 0.4) is 0 Å². The molecule has 0 aliphatic carbocycles. The Morgan fingerprint density at radius 2 is 2.05 bits per heavy atom. The average molecular weight is 339 g/mol. The van der Waals surface area contributed by atoms with E-state index in [1.807, 2.05) is 36.7 Å². The third kappa shape index (κ3) is 3.22. The molecule has 0 radical (unpaired) electrons. The highest BCUT2D eigenvalue weighted by Crippen LogP contribution is 2.28. The van der Waals surface area contributed by atoms with E-state index in [9.17, 15) is 5.11 Å². The standard InChI is InChI=1S/C15H19BrN2O2/c1-4-18-14(6-11(3)17-18)9-20-15-10(2)5-13(16)7-12(15)8-19/h5-7,19H,4,8-9H2,1-3H3. The molecule has 1 aromatic carbocycles. The molecule has 1 N–H and O–H groups in total. The maximum absolute atomic E-state index is 9.45. The maximum atomic E-state index is 9.45. The second-order valence-corrected chi connectivity index (χ2v) is 5.67. The molecule has 0 saturated carbocycles. The first kappa shape index (κ1) is 15.1. The Bertz CT molecular complexity index is 608. The lowest BCUT2D eigenvalue weighted by Gasteiger charge is -2.14. The number of nitrogens with zero attached hydrogens (tertiary/aromatic N) is 2. The number of hydrogen-bond acceptors (Lipinski definition) is 3. The van der Waals surface area contributed by atoms with Gasteiger partial charge in [-0.15, -0.1) is 0 Å². The van der Waals surface area contributed by atoms with E-state index >= 15 is 0 Å². The van der Waals surface area contributed by atoms with E-state index in [0.717, 1.165) is 39.3 Å². The van der Waals surface area contributed by atoms with E-state index in [1.165, 1.54) is 0 Å². The lowest BCUT2D eigenvalue weighted by molar-refractivity contribution is 0.253. The van der Waals surface area contributed by atoms with Gasteiger partial charge in [-0.05, 0) is 44.5 Å². The van der Waals surface area contributed by atoms with Crippen molar-refractivity contribution < 1.29 is 9.84 Å². The summed E-state index contributed by atoms with van der Waals surface area (Å²) in [5.41, 5.74) is 3.82. The van der Waals surface area contributed by atoms with Crippen molar-refractivity contribution in [1.29, 1.82) is 0 Å². The zero-order valence-corrected chi connectivity index (χ0v) is 13.6. The largest absolute Gasteiger partial charge is 0.487 e. The lowest BCUT2D eigenvalue weighted by atomic mass is 10.1. The zero-order chi connectivity index (χ0) is 14.7. The molecule has 108 valence electrons. The van der Waals surface area contributed by atoms with Crippen LogP contribution in [-0.4, -0.2) is 14.9 Å². The van der Waals surface area contributed by atoms with Gasteiger partial charge in [0.1, 0.15) is 12.4 Å². The molecule has 0 aliphatic heterocycles. The molecular weight excluding hydrogens is 320 g/mol. The van der Waals surface area contributed by atoms with Crippen molar-refractivity contribution in [1.82, 2.24) is 9.78 Å². The van der Waals surface area contributed by atoms with Gasteiger partial charge in [0.15, 0.2) is 0 Å². The van der Waals surface area contributed by atoms with Crippen LogP contribution in [0, 0.1) is 13.8 Å². The van der Waals surface area contributed by atoms with Crippen molar-refractivity contribution >= 4 is 15.9 Å². The van der Waals surface area contributed by atoms with Gasteiger partial charge in [-0.1, -0.05) is 15.9 Å². The monoisotopic (exact) mass is 338 g/mol. The van der Waals surface area contributed by atoms with Crippen LogP contribution < -0.4 is 4.74 Å². The number of ether oxygens (including phenoxy) is 1. The van der Waals surface area contributed by atoms with Gasteiger partial charge in [-0.3, -0.25) is 4.68 Å². The van der Waals surface area contributed by atoms with Gasteiger partial charge in [-0.25, -0.2) is 0 Å². The Kier molecular flexibility index (Phi) is 4.83. The molecule has 0 fully saturated rings. The molecule has 0 amide bonds. The summed E-state index contributed by atoms with van der Waals surface area (Å²) in [7, 11) is 0. The number of aromatic nitrogens is 2. The number of benzene rings is 1. The predicted octanol–water partition coefficient (Wildman–Crippen LogP) is 3.35. The fraction of sp³-hybridized carbons (Fsp3) is 0.400. The molecule has 4 nitrogen and oxygen atoms in total. The molecule has 0 spiro atoms. The molecule has 2 rings (SSSR count). The molecule has 1 heterocycles. The summed E-state index contributed by atoms with van der Waals surface area (Å²) in [6, 6.07) is 5.89. The van der Waals surface area contributed by atoms with Crippen LogP contribution in [0.2, 0.25) is 0 Å². The fourth-order valence-corrected chi connectivity index (χ4v) is 2.88. The number of aliphatic hydroxyl groups is 1. The Morgan fingerprint density at radius 1 is 1.30 bits per heavy atom. The first-order valence-electron chi connectivity index (χ1n) is 6.61. The third-order valence-corrected chi connectivity index (χ3v) is 3.59. The SMILES string of the molecule is CCn1nc(C)cc1COc1c(C)cc(Br)cc1CO. The predicted molar refractivity (Wildman–Crippen MR) is 81.8 cm³/mol. The van der Waals surface area contributed by atoms with Crippen LogP contribution in [0.1, 0.15) is 29.4 Å². The van der Waals surface area contributed by atoms with Gasteiger partial charge in [0.05, 0.1) is 18.0 Å². The zero-order valence-electron chi connectivity index (χ0n) is 12.0. The van der Waals surface area contributed by atoms with Crippen molar-refractivity contribution in [2.24, 2.45) is 0 Å². The molecule has 0 unspecified atom stereocenters. The second kappa shape index (κ2) is 6.41. The topological polar surface area (TPSA) is 47.3 Å². The van der Waals surface area contributed by atoms with Crippen LogP contribution in [0.25, 0.3) is 0 Å². The number of aliphatic hydroxyl groups excluding tert-OH is 1. The van der Waals surface area contributed by atoms with Gasteiger partial charge >= 0.3 is 0 Å². The van der Waals surface area contributed by atoms with Crippen LogP contribution in [0.5, 0.6) is 5.75 Å². The van der Waals surface area contributed by atoms with Crippen molar-refractivity contribution in [2.45, 2.75) is 40.5 Å². The Hall–Kier alpha value is -1.33. The quantitative estimate of drug-likeness (QED) is 0.909. The highest BCUT2D eigenvalue weighted by atomic mass is 79.9. The Morgan fingerprint density at radius 3 is 2.70 bits per heavy atom. The van der Waals surface area contributed by atoms with E-state index in [2.05, 4.69) is 28.0 Å². The molecular formula is C15H19BrN2O2. The average Bonchev–Trinajstić information content (AvgIpc) is 2.77. The summed E-state index contributed by atoms with van der Waals surface area (Å²) >= 11 is 3.43. The molecule has 20 heavy (non-hydrogen) atoms. The maximum Gasteiger partial charge on any atom is 0.130 e. The number of rotatable bonds is 5. The molecule has 0 saturated heterocycles. The summed E-state index contributed by atoms with van der Waals surface area (Å²) in [5.74, 6) is 0.747. The van der Waals surface area contributed by atoms with Crippen LogP contribution in [0.4, 0.5) is 0 Å². The second-order valence-electron chi connectivity index (χ2n) is 4.75. The first-order valence-corrected chi connectivity index (χ1v) is 7.40. The highest BCUT2D eigenvalue weighted by Gasteiger charge is 2.11. The smallest absolute Gasteiger partial charge is 0.130 e. The lowest BCUT2D eigenvalue weighted by Crippen LogP contribution is -2.07. The minimum Gasteiger partial charge on any atom is -0.487 e. The number of hydrogen-bond donors (Lipinski definition) is 1. The molecule has 0 atom stereocenters. The van der Waals surface area contributed by atoms with Gasteiger partial charge in [0, 0.05) is 16.6 Å². The molecule has 5 heteroatoms. The highest BCUT2D eigenvalue weighted by molar-refractivity contribution is 9.10. The van der Waals surface area contributed by atoms with Gasteiger partial charge in [0.2, 0.25) is 0 Å². The summed E-state index contributed by atoms with van der Waals surface area (Å²) in [4.78, 5) is 0. The van der Waals surface area contributed by atoms with E-state index in [4.69, 9.17) is 4.74 Å². The fourth-order valence-electron chi connectivity index (χ4n) is 2.26. The minimum atomic E-state index is -0.0400. The van der Waals surface area contributed by atoms with Crippen LogP contribution >= 0.6 is 15.9 Å². The van der Waals surface area contributed by atoms with Gasteiger partial charge in [-0.2, -0.15) is 5.10 Å². The molecule has 2 aromatic rings. The van der Waals surface area contributed by atoms with E-state index in [0.29, 0.717) is 6.61 Å². The normalized spacial score (nSPS) is 10.8. The number of halogens is 1. The molecule has 1 aromatic heterocycles. The van der Waals surface area contributed by atoms with E-state index in [-0.39, 0.29) is 6.61 Å². The minimum absolute atomic E-state index is 0.0400. The summed E-state index contributed by atoms with van der Waals surface area (Å²) in [6.45, 7) is 7.23. The van der Waals surface area contributed by atoms with Crippen molar-refractivity contribution in [3.8, 4) is 5.75 Å². The summed E-state index contributed by atoms with van der Waals surface area (Å²) in [5, 5.41) is 13.9. The van der Waals surface area contributed by atoms with Crippen LogP contribution in [0.15, 0.2) is 22.7 Å². The summed E-state index contributed by atoms with van der Waals surface area (Å²) in [6.07, 6.45) is 0. The van der Waals surface area contributed by atoms with E-state index in [1.54, 1.807) is 0 Å². The summed E-state index contributed by atoms with van der Waals surface area (Å²) < 4.78 is 8.79. The Labute approximate surface area is 127 Å². The Balaban J connectivity index is 2.22. The molecule has 0 bridgehead atoms. The van der Waals surface area contributed by atoms with E-state index < -0.39 is 0 Å². The number of aryl methyl sites for hydroxylation is 3. The van der Waals surface area contributed by atoms with Crippen molar-refractivity contribution in [3.05, 3.63) is 45.2 Å². The molecule has 0 aliphatic rings. The first-order chi connectivity index (χ1) is 9.55. The van der Waals surface area contributed by atoms with Crippen molar-refractivity contribution in [3.63, 3.8) is 0 Å². The third-order valence-electron chi connectivity index (χ3n) is 3.14. The van der Waals surface area contributed by atoms with Crippen molar-refractivity contribution in [2.75, 3.05) is 0 Å².